The molecule has 23 heavy (non-hydrogen) atoms. The Balaban J connectivity index is 0.000000322. The Morgan fingerprint density at radius 1 is 1.26 bits per heavy atom. The zero-order chi connectivity index (χ0) is 17.8. The number of benzene rings is 1. The van der Waals surface area contributed by atoms with Crippen LogP contribution in [0.2, 0.25) is 0 Å². The second kappa shape index (κ2) is 7.05. The van der Waals surface area contributed by atoms with Gasteiger partial charge in [-0.1, -0.05) is 6.07 Å². The minimum Gasteiger partial charge on any atom is -0.478 e. The van der Waals surface area contributed by atoms with E-state index in [-0.39, 0.29) is 17.2 Å². The van der Waals surface area contributed by atoms with Crippen LogP contribution >= 0.6 is 0 Å². The molecule has 1 aromatic carbocycles. The predicted molar refractivity (Wildman–Crippen MR) is 69.4 cm³/mol. The average molecular weight is 336 g/mol. The van der Waals surface area contributed by atoms with Gasteiger partial charge in [-0.3, -0.25) is 10.1 Å². The molecule has 0 amide bonds. The number of hydrogen-bond acceptors (Lipinski definition) is 5. The first-order chi connectivity index (χ1) is 10.5. The molecule has 1 heterocycles. The standard InChI is InChI=1S/C10H10N2O4.C2HF3O2/c13-10(14)6-1-2-8(7-4-11-5-7)9(3-6)12(15)16;3-2(4,5)1(6)7/h1-3,7,11H,4-5H2,(H,13,14);(H,6,7). The number of carbonyl (C=O) groups is 2. The molecule has 1 aliphatic heterocycles. The summed E-state index contributed by atoms with van der Waals surface area (Å²) in [6.07, 6.45) is -5.08. The van der Waals surface area contributed by atoms with E-state index >= 15 is 0 Å². The van der Waals surface area contributed by atoms with Crippen molar-refractivity contribution in [3.63, 3.8) is 0 Å². The van der Waals surface area contributed by atoms with E-state index in [1.54, 1.807) is 0 Å². The van der Waals surface area contributed by atoms with E-state index in [0.29, 0.717) is 18.7 Å². The van der Waals surface area contributed by atoms with Gasteiger partial charge in [0.2, 0.25) is 0 Å². The fourth-order valence-corrected chi connectivity index (χ4v) is 1.69. The molecule has 0 radical (unpaired) electrons. The van der Waals surface area contributed by atoms with Crippen LogP contribution in [0.5, 0.6) is 0 Å². The van der Waals surface area contributed by atoms with Crippen molar-refractivity contribution in [3.8, 4) is 0 Å². The molecule has 0 spiro atoms. The maximum absolute atomic E-state index is 10.8. The van der Waals surface area contributed by atoms with Gasteiger partial charge in [-0.25, -0.2) is 9.59 Å². The molecule has 0 unspecified atom stereocenters. The van der Waals surface area contributed by atoms with Gasteiger partial charge in [0.15, 0.2) is 0 Å². The first-order valence-corrected chi connectivity index (χ1v) is 6.06. The third-order valence-electron chi connectivity index (χ3n) is 2.94. The first kappa shape index (κ1) is 18.4. The quantitative estimate of drug-likeness (QED) is 0.565. The third kappa shape index (κ3) is 4.92. The zero-order valence-corrected chi connectivity index (χ0v) is 11.3. The summed E-state index contributed by atoms with van der Waals surface area (Å²) in [4.78, 5) is 29.9. The molecular weight excluding hydrogens is 325 g/mol. The van der Waals surface area contributed by atoms with Crippen LogP contribution in [0.3, 0.4) is 0 Å². The molecule has 2 rings (SSSR count). The first-order valence-electron chi connectivity index (χ1n) is 6.06. The van der Waals surface area contributed by atoms with Gasteiger partial charge in [0.1, 0.15) is 0 Å². The second-order valence-corrected chi connectivity index (χ2v) is 4.49. The second-order valence-electron chi connectivity index (χ2n) is 4.49. The molecule has 0 saturated carbocycles. The number of hydrogen-bond donors (Lipinski definition) is 3. The van der Waals surface area contributed by atoms with Crippen molar-refractivity contribution in [2.75, 3.05) is 13.1 Å². The smallest absolute Gasteiger partial charge is 0.478 e. The van der Waals surface area contributed by atoms with Crippen molar-refractivity contribution in [2.45, 2.75) is 12.1 Å². The van der Waals surface area contributed by atoms with Gasteiger partial charge in [0, 0.05) is 30.6 Å². The summed E-state index contributed by atoms with van der Waals surface area (Å²) >= 11 is 0. The number of nitro groups is 1. The molecule has 1 aromatic rings. The lowest BCUT2D eigenvalue weighted by molar-refractivity contribution is -0.385. The minimum absolute atomic E-state index is 0.0530. The van der Waals surface area contributed by atoms with E-state index in [4.69, 9.17) is 15.0 Å². The Kier molecular flexibility index (Phi) is 5.62. The molecule has 0 aliphatic carbocycles. The molecule has 1 fully saturated rings. The minimum atomic E-state index is -5.08. The highest BCUT2D eigenvalue weighted by Crippen LogP contribution is 2.30. The highest BCUT2D eigenvalue weighted by Gasteiger charge is 2.38. The number of nitrogens with zero attached hydrogens (tertiary/aromatic N) is 1. The summed E-state index contributed by atoms with van der Waals surface area (Å²) in [5.41, 5.74) is 0.447. The Hall–Kier alpha value is -2.69. The van der Waals surface area contributed by atoms with Crippen LogP contribution in [0.4, 0.5) is 18.9 Å². The Morgan fingerprint density at radius 2 is 1.78 bits per heavy atom. The molecule has 0 atom stereocenters. The van der Waals surface area contributed by atoms with Crippen molar-refractivity contribution in [2.24, 2.45) is 0 Å². The van der Waals surface area contributed by atoms with E-state index in [1.807, 2.05) is 0 Å². The van der Waals surface area contributed by atoms with Gasteiger partial charge >= 0.3 is 18.1 Å². The van der Waals surface area contributed by atoms with Crippen LogP contribution in [0.1, 0.15) is 21.8 Å². The molecule has 1 aliphatic rings. The Morgan fingerprint density at radius 3 is 2.09 bits per heavy atom. The van der Waals surface area contributed by atoms with Crippen LogP contribution < -0.4 is 5.32 Å². The van der Waals surface area contributed by atoms with Crippen molar-refractivity contribution in [1.29, 1.82) is 0 Å². The van der Waals surface area contributed by atoms with E-state index in [0.717, 1.165) is 6.07 Å². The van der Waals surface area contributed by atoms with Crippen LogP contribution in [0, 0.1) is 10.1 Å². The van der Waals surface area contributed by atoms with Gasteiger partial charge in [-0.2, -0.15) is 13.2 Å². The highest BCUT2D eigenvalue weighted by molar-refractivity contribution is 5.88. The summed E-state index contributed by atoms with van der Waals surface area (Å²) < 4.78 is 31.7. The lowest BCUT2D eigenvalue weighted by Gasteiger charge is -2.27. The van der Waals surface area contributed by atoms with Crippen LogP contribution in [-0.2, 0) is 4.79 Å². The van der Waals surface area contributed by atoms with Gasteiger partial charge in [0.05, 0.1) is 10.5 Å². The number of carboxylic acid groups (broad SMARTS) is 2. The number of rotatable bonds is 3. The summed E-state index contributed by atoms with van der Waals surface area (Å²) in [7, 11) is 0. The van der Waals surface area contributed by atoms with E-state index < -0.39 is 23.0 Å². The van der Waals surface area contributed by atoms with Crippen molar-refractivity contribution < 1.29 is 37.9 Å². The Labute approximate surface area is 126 Å². The molecular formula is C12H11F3N2O6. The van der Waals surface area contributed by atoms with Crippen LogP contribution in [0.25, 0.3) is 0 Å². The van der Waals surface area contributed by atoms with E-state index in [1.165, 1.54) is 12.1 Å². The largest absolute Gasteiger partial charge is 0.490 e. The zero-order valence-electron chi connectivity index (χ0n) is 11.3. The van der Waals surface area contributed by atoms with Gasteiger partial charge in [-0.15, -0.1) is 0 Å². The number of nitrogens with one attached hydrogen (secondary N) is 1. The molecule has 11 heteroatoms. The molecule has 126 valence electrons. The maximum atomic E-state index is 10.8. The SMILES string of the molecule is O=C(O)C(F)(F)F.O=C(O)c1ccc(C2CNC2)c([N+](=O)[O-])c1. The lowest BCUT2D eigenvalue weighted by Crippen LogP contribution is -2.40. The van der Waals surface area contributed by atoms with Crippen LogP contribution in [0.15, 0.2) is 18.2 Å². The monoisotopic (exact) mass is 336 g/mol. The van der Waals surface area contributed by atoms with Crippen molar-refractivity contribution in [1.82, 2.24) is 5.32 Å². The summed E-state index contributed by atoms with van der Waals surface area (Å²) in [5, 5.41) is 29.7. The number of nitro benzene ring substituents is 1. The highest BCUT2D eigenvalue weighted by atomic mass is 19.4. The predicted octanol–water partition coefficient (Wildman–Crippen LogP) is 1.61. The van der Waals surface area contributed by atoms with Crippen molar-refractivity contribution >= 4 is 17.6 Å². The molecule has 8 nitrogen and oxygen atoms in total. The van der Waals surface area contributed by atoms with Gasteiger partial charge < -0.3 is 15.5 Å². The molecule has 1 saturated heterocycles. The summed E-state index contributed by atoms with van der Waals surface area (Å²) in [6, 6.07) is 4.06. The third-order valence-corrected chi connectivity index (χ3v) is 2.94. The fourth-order valence-electron chi connectivity index (χ4n) is 1.69. The van der Waals surface area contributed by atoms with Crippen molar-refractivity contribution in [3.05, 3.63) is 39.4 Å². The van der Waals surface area contributed by atoms with Crippen LogP contribution in [-0.4, -0.2) is 46.3 Å². The summed E-state index contributed by atoms with van der Waals surface area (Å²) in [5.74, 6) is -3.79. The number of aliphatic carboxylic acids is 1. The number of halogens is 3. The number of alkyl halides is 3. The lowest BCUT2D eigenvalue weighted by atomic mass is 9.91. The number of aromatic carboxylic acids is 1. The van der Waals surface area contributed by atoms with Gasteiger partial charge in [-0.05, 0) is 6.07 Å². The summed E-state index contributed by atoms with van der Waals surface area (Å²) in [6.45, 7) is 1.40. The molecule has 0 bridgehead atoms. The fraction of sp³-hybridized carbons (Fsp3) is 0.333. The van der Waals surface area contributed by atoms with Gasteiger partial charge in [0.25, 0.3) is 5.69 Å². The number of carboxylic acids is 2. The maximum Gasteiger partial charge on any atom is 0.490 e. The van der Waals surface area contributed by atoms with E-state index in [2.05, 4.69) is 5.32 Å². The average Bonchev–Trinajstić information content (AvgIpc) is 2.36. The Bertz CT molecular complexity index is 628. The topological polar surface area (TPSA) is 130 Å². The molecule has 3 N–H and O–H groups in total. The molecule has 0 aromatic heterocycles. The normalized spacial score (nSPS) is 14.2. The van der Waals surface area contributed by atoms with E-state index in [9.17, 15) is 28.1 Å².